The molecule has 0 radical (unpaired) electrons. The minimum atomic E-state index is -1.05. The van der Waals surface area contributed by atoms with Crippen molar-refractivity contribution in [1.29, 1.82) is 0 Å². The largest absolute Gasteiger partial charge is 0.496 e. The van der Waals surface area contributed by atoms with Crippen molar-refractivity contribution in [2.24, 2.45) is 0 Å². The molecule has 0 aliphatic rings. The zero-order valence-corrected chi connectivity index (χ0v) is 16.9. The van der Waals surface area contributed by atoms with Crippen molar-refractivity contribution in [2.75, 3.05) is 7.11 Å². The molecule has 2 amide bonds. The van der Waals surface area contributed by atoms with Gasteiger partial charge in [-0.2, -0.15) is 0 Å². The van der Waals surface area contributed by atoms with Crippen molar-refractivity contribution >= 4 is 23.4 Å². The van der Waals surface area contributed by atoms with Crippen molar-refractivity contribution in [3.05, 3.63) is 77.3 Å². The van der Waals surface area contributed by atoms with Gasteiger partial charge < -0.3 is 14.0 Å². The van der Waals surface area contributed by atoms with Crippen LogP contribution in [0.2, 0.25) is 5.02 Å². The van der Waals surface area contributed by atoms with E-state index in [2.05, 4.69) is 10.9 Å². The number of carbonyl (C=O) groups excluding carboxylic acids is 2. The monoisotopic (exact) mass is 431 g/mol. The van der Waals surface area contributed by atoms with E-state index in [0.29, 0.717) is 10.7 Å². The average molecular weight is 432 g/mol. The van der Waals surface area contributed by atoms with E-state index in [1.165, 1.54) is 38.3 Å². The quantitative estimate of drug-likeness (QED) is 0.585. The molecule has 0 fully saturated rings. The van der Waals surface area contributed by atoms with Gasteiger partial charge in [-0.3, -0.25) is 20.4 Å². The molecule has 0 aliphatic carbocycles. The number of benzene rings is 2. The van der Waals surface area contributed by atoms with Gasteiger partial charge in [-0.05, 0) is 37.3 Å². The zero-order chi connectivity index (χ0) is 21.7. The molecule has 1 heterocycles. The Morgan fingerprint density at radius 3 is 2.43 bits per heavy atom. The van der Waals surface area contributed by atoms with Crippen molar-refractivity contribution in [2.45, 2.75) is 13.0 Å². The van der Waals surface area contributed by atoms with Crippen LogP contribution in [0.3, 0.4) is 0 Å². The Morgan fingerprint density at radius 1 is 1.07 bits per heavy atom. The van der Waals surface area contributed by atoms with Gasteiger partial charge in [0.1, 0.15) is 5.75 Å². The number of ether oxygens (including phenoxy) is 2. The van der Waals surface area contributed by atoms with Crippen molar-refractivity contribution in [3.63, 3.8) is 0 Å². The third-order valence-corrected chi connectivity index (χ3v) is 4.51. The second-order valence-corrected chi connectivity index (χ2v) is 6.64. The van der Waals surface area contributed by atoms with E-state index in [1.54, 1.807) is 29.1 Å². The number of rotatable bonds is 6. The number of hydrogen-bond acceptors (Lipinski definition) is 4. The highest BCUT2D eigenvalue weighted by Crippen LogP contribution is 2.29. The Balaban J connectivity index is 1.67. The fourth-order valence-electron chi connectivity index (χ4n) is 2.65. The summed E-state index contributed by atoms with van der Waals surface area (Å²) in [5, 5.41) is 0.319. The van der Waals surface area contributed by atoms with E-state index in [0.717, 1.165) is 0 Å². The van der Waals surface area contributed by atoms with Gasteiger partial charge >= 0.3 is 0 Å². The summed E-state index contributed by atoms with van der Waals surface area (Å²) < 4.78 is 26.0. The van der Waals surface area contributed by atoms with Crippen LogP contribution in [0.4, 0.5) is 4.39 Å². The summed E-state index contributed by atoms with van der Waals surface area (Å²) in [6.45, 7) is 1.43. The lowest BCUT2D eigenvalue weighted by Gasteiger charge is -2.17. The molecule has 2 aromatic carbocycles. The summed E-state index contributed by atoms with van der Waals surface area (Å²) in [4.78, 5) is 24.7. The van der Waals surface area contributed by atoms with Crippen LogP contribution < -0.4 is 20.3 Å². The van der Waals surface area contributed by atoms with Gasteiger partial charge in [0, 0.05) is 18.5 Å². The Labute approximate surface area is 177 Å². The summed E-state index contributed by atoms with van der Waals surface area (Å²) in [6.07, 6.45) is 2.55. The maximum absolute atomic E-state index is 13.6. The molecular formula is C21H19ClFN3O4. The summed E-state index contributed by atoms with van der Waals surface area (Å²) in [6, 6.07) is 12.4. The van der Waals surface area contributed by atoms with E-state index in [-0.39, 0.29) is 17.1 Å². The minimum Gasteiger partial charge on any atom is -0.496 e. The maximum Gasteiger partial charge on any atom is 0.279 e. The fourth-order valence-corrected chi connectivity index (χ4v) is 2.91. The lowest BCUT2D eigenvalue weighted by molar-refractivity contribution is -0.128. The predicted octanol–water partition coefficient (Wildman–Crippen LogP) is 3.51. The van der Waals surface area contributed by atoms with Crippen LogP contribution in [0.1, 0.15) is 17.3 Å². The minimum absolute atomic E-state index is 0.0690. The first-order chi connectivity index (χ1) is 14.4. The SMILES string of the molecule is COc1cc(-n2cccc2)c(Cl)cc1C(=O)NNC(=O)C(C)Oc1ccccc1F. The van der Waals surface area contributed by atoms with Crippen molar-refractivity contribution in [3.8, 4) is 17.2 Å². The molecule has 2 N–H and O–H groups in total. The molecule has 156 valence electrons. The maximum atomic E-state index is 13.6. The van der Waals surface area contributed by atoms with Gasteiger partial charge in [0.15, 0.2) is 17.7 Å². The Bertz CT molecular complexity index is 1060. The first kappa shape index (κ1) is 21.2. The van der Waals surface area contributed by atoms with Gasteiger partial charge in [-0.25, -0.2) is 4.39 Å². The molecule has 0 aliphatic heterocycles. The van der Waals surface area contributed by atoms with Gasteiger partial charge in [-0.15, -0.1) is 0 Å². The van der Waals surface area contributed by atoms with Crippen LogP contribution in [0.15, 0.2) is 60.9 Å². The molecule has 7 nitrogen and oxygen atoms in total. The molecule has 0 saturated heterocycles. The smallest absolute Gasteiger partial charge is 0.279 e. The number of hydrogen-bond donors (Lipinski definition) is 2. The van der Waals surface area contributed by atoms with Crippen molar-refractivity contribution in [1.82, 2.24) is 15.4 Å². The molecule has 1 atom stereocenters. The highest BCUT2D eigenvalue weighted by atomic mass is 35.5. The number of aromatic nitrogens is 1. The molecule has 9 heteroatoms. The first-order valence-electron chi connectivity index (χ1n) is 8.93. The topological polar surface area (TPSA) is 81.6 Å². The van der Waals surface area contributed by atoms with Gasteiger partial charge in [-0.1, -0.05) is 23.7 Å². The number of para-hydroxylation sites is 1. The van der Waals surface area contributed by atoms with Crippen LogP contribution in [-0.4, -0.2) is 29.6 Å². The molecule has 1 unspecified atom stereocenters. The first-order valence-corrected chi connectivity index (χ1v) is 9.30. The van der Waals surface area contributed by atoms with Crippen LogP contribution >= 0.6 is 11.6 Å². The standard InChI is InChI=1S/C21H19ClFN3O4/c1-13(30-18-8-4-3-7-16(18)23)20(27)24-25-21(28)14-11-15(22)17(12-19(14)29-2)26-9-5-6-10-26/h3-13H,1-2H3,(H,24,27)(H,25,28). The molecule has 30 heavy (non-hydrogen) atoms. The molecule has 0 saturated carbocycles. The normalized spacial score (nSPS) is 11.5. The Morgan fingerprint density at radius 2 is 1.77 bits per heavy atom. The van der Waals surface area contributed by atoms with Gasteiger partial charge in [0.25, 0.3) is 11.8 Å². The van der Waals surface area contributed by atoms with Crippen LogP contribution in [-0.2, 0) is 4.79 Å². The highest BCUT2D eigenvalue weighted by molar-refractivity contribution is 6.33. The Hall–Kier alpha value is -3.52. The molecule has 0 spiro atoms. The molecule has 1 aromatic heterocycles. The summed E-state index contributed by atoms with van der Waals surface area (Å²) in [5.74, 6) is -1.70. The third kappa shape index (κ3) is 4.72. The van der Waals surface area contributed by atoms with E-state index in [1.807, 2.05) is 12.1 Å². The van der Waals surface area contributed by atoms with Gasteiger partial charge in [0.05, 0.1) is 23.4 Å². The highest BCUT2D eigenvalue weighted by Gasteiger charge is 2.20. The predicted molar refractivity (Wildman–Crippen MR) is 109 cm³/mol. The summed E-state index contributed by atoms with van der Waals surface area (Å²) in [7, 11) is 1.42. The number of amides is 2. The lowest BCUT2D eigenvalue weighted by Crippen LogP contribution is -2.47. The number of nitrogens with one attached hydrogen (secondary N) is 2. The zero-order valence-electron chi connectivity index (χ0n) is 16.2. The number of carbonyl (C=O) groups is 2. The summed E-state index contributed by atoms with van der Waals surface area (Å²) in [5.41, 5.74) is 5.28. The van der Waals surface area contributed by atoms with Crippen LogP contribution in [0.5, 0.6) is 11.5 Å². The number of halogens is 2. The second kappa shape index (κ2) is 9.32. The average Bonchev–Trinajstić information content (AvgIpc) is 3.27. The molecule has 3 rings (SSSR count). The number of nitrogens with zero attached hydrogens (tertiary/aromatic N) is 1. The molecular weight excluding hydrogens is 413 g/mol. The van der Waals surface area contributed by atoms with E-state index < -0.39 is 23.7 Å². The van der Waals surface area contributed by atoms with E-state index in [9.17, 15) is 14.0 Å². The molecule has 3 aromatic rings. The summed E-state index contributed by atoms with van der Waals surface area (Å²) >= 11 is 6.31. The lowest BCUT2D eigenvalue weighted by atomic mass is 10.1. The second-order valence-electron chi connectivity index (χ2n) is 6.23. The molecule has 0 bridgehead atoms. The van der Waals surface area contributed by atoms with E-state index >= 15 is 0 Å². The Kier molecular flexibility index (Phi) is 6.58. The van der Waals surface area contributed by atoms with Gasteiger partial charge in [0.2, 0.25) is 0 Å². The van der Waals surface area contributed by atoms with E-state index in [4.69, 9.17) is 21.1 Å². The van der Waals surface area contributed by atoms with Crippen LogP contribution in [0.25, 0.3) is 5.69 Å². The van der Waals surface area contributed by atoms with Crippen molar-refractivity contribution < 1.29 is 23.5 Å². The fraction of sp³-hybridized carbons (Fsp3) is 0.143. The third-order valence-electron chi connectivity index (χ3n) is 4.21. The number of hydrazine groups is 1. The number of methoxy groups -OCH3 is 1. The van der Waals surface area contributed by atoms with Crippen LogP contribution in [0, 0.1) is 5.82 Å².